The van der Waals surface area contributed by atoms with Gasteiger partial charge >= 0.3 is 5.97 Å². The van der Waals surface area contributed by atoms with Crippen molar-refractivity contribution in [2.75, 3.05) is 25.2 Å². The molecule has 92 valence electrons. The maximum atomic E-state index is 11.2. The molecule has 1 rings (SSSR count). The van der Waals surface area contributed by atoms with Gasteiger partial charge in [0.2, 0.25) is 5.91 Å². The second kappa shape index (κ2) is 6.13. The number of carbonyl (C=O) groups is 2. The highest BCUT2D eigenvalue weighted by molar-refractivity contribution is 7.99. The van der Waals surface area contributed by atoms with E-state index in [-0.39, 0.29) is 17.3 Å². The highest BCUT2D eigenvalue weighted by Crippen LogP contribution is 2.51. The van der Waals surface area contributed by atoms with Gasteiger partial charge in [-0.2, -0.15) is 11.8 Å². The van der Waals surface area contributed by atoms with E-state index in [0.29, 0.717) is 13.0 Å². The summed E-state index contributed by atoms with van der Waals surface area (Å²) in [5, 5.41) is 2.75. The van der Waals surface area contributed by atoms with Crippen LogP contribution in [0, 0.1) is 5.41 Å². The molecule has 1 amide bonds. The molecule has 0 unspecified atom stereocenters. The molecule has 5 heteroatoms. The lowest BCUT2D eigenvalue weighted by molar-refractivity contribution is -0.141. The molecule has 0 aromatic rings. The Kier molecular flexibility index (Phi) is 5.12. The SMILES string of the molecule is COC(=O)CC1(CSCCNC(C)=O)CC1. The molecule has 1 aliphatic carbocycles. The predicted octanol–water partition coefficient (Wildman–Crippen LogP) is 1.20. The standard InChI is InChI=1S/C11H19NO3S/c1-9(13)12-5-6-16-8-11(3-4-11)7-10(14)15-2/h3-8H2,1-2H3,(H,12,13). The summed E-state index contributed by atoms with van der Waals surface area (Å²) in [4.78, 5) is 21.8. The van der Waals surface area contributed by atoms with Gasteiger partial charge in [-0.05, 0) is 24.0 Å². The average Bonchev–Trinajstić information content (AvgIpc) is 2.97. The third-order valence-corrected chi connectivity index (χ3v) is 4.04. The Morgan fingerprint density at radius 1 is 1.44 bits per heavy atom. The van der Waals surface area contributed by atoms with E-state index in [4.69, 9.17) is 0 Å². The molecule has 1 saturated carbocycles. The lowest BCUT2D eigenvalue weighted by Crippen LogP contribution is -2.23. The fourth-order valence-corrected chi connectivity index (χ4v) is 2.73. The first-order chi connectivity index (χ1) is 7.58. The number of thioether (sulfide) groups is 1. The van der Waals surface area contributed by atoms with Crippen LogP contribution in [0.1, 0.15) is 26.2 Å². The number of hydrogen-bond acceptors (Lipinski definition) is 4. The summed E-state index contributed by atoms with van der Waals surface area (Å²) in [7, 11) is 1.43. The van der Waals surface area contributed by atoms with Gasteiger partial charge in [0, 0.05) is 19.2 Å². The zero-order chi connectivity index (χ0) is 12.0. The topological polar surface area (TPSA) is 55.4 Å². The normalized spacial score (nSPS) is 16.6. The highest BCUT2D eigenvalue weighted by atomic mass is 32.2. The Labute approximate surface area is 100 Å². The van der Waals surface area contributed by atoms with Crippen molar-refractivity contribution >= 4 is 23.6 Å². The first-order valence-corrected chi connectivity index (χ1v) is 6.62. The average molecular weight is 245 g/mol. The second-order valence-corrected chi connectivity index (χ2v) is 5.39. The van der Waals surface area contributed by atoms with Crippen molar-refractivity contribution < 1.29 is 14.3 Å². The van der Waals surface area contributed by atoms with E-state index in [1.54, 1.807) is 11.8 Å². The van der Waals surface area contributed by atoms with E-state index in [2.05, 4.69) is 10.1 Å². The molecule has 0 bridgehead atoms. The van der Waals surface area contributed by atoms with Crippen LogP contribution >= 0.6 is 11.8 Å². The van der Waals surface area contributed by atoms with Crippen LogP contribution in [-0.4, -0.2) is 37.0 Å². The maximum Gasteiger partial charge on any atom is 0.306 e. The third-order valence-electron chi connectivity index (χ3n) is 2.73. The highest BCUT2D eigenvalue weighted by Gasteiger charge is 2.44. The van der Waals surface area contributed by atoms with Gasteiger partial charge in [-0.1, -0.05) is 0 Å². The van der Waals surface area contributed by atoms with Crippen LogP contribution in [0.4, 0.5) is 0 Å². The molecule has 1 fully saturated rings. The number of nitrogens with one attached hydrogen (secondary N) is 1. The number of carbonyl (C=O) groups excluding carboxylic acids is 2. The molecular formula is C11H19NO3S. The van der Waals surface area contributed by atoms with E-state index in [1.807, 2.05) is 0 Å². The van der Waals surface area contributed by atoms with Crippen LogP contribution in [0.3, 0.4) is 0 Å². The Balaban J connectivity index is 2.08. The van der Waals surface area contributed by atoms with Crippen LogP contribution < -0.4 is 5.32 Å². The van der Waals surface area contributed by atoms with Gasteiger partial charge in [0.15, 0.2) is 0 Å². The molecule has 0 atom stereocenters. The molecule has 0 aromatic heterocycles. The smallest absolute Gasteiger partial charge is 0.306 e. The number of hydrogen-bond donors (Lipinski definition) is 1. The van der Waals surface area contributed by atoms with Crippen LogP contribution in [0.25, 0.3) is 0 Å². The quantitative estimate of drug-likeness (QED) is 0.541. The number of ether oxygens (including phenoxy) is 1. The molecule has 0 spiro atoms. The van der Waals surface area contributed by atoms with E-state index in [0.717, 1.165) is 24.3 Å². The fourth-order valence-electron chi connectivity index (χ4n) is 1.52. The molecule has 4 nitrogen and oxygen atoms in total. The summed E-state index contributed by atoms with van der Waals surface area (Å²) in [6.07, 6.45) is 2.78. The van der Waals surface area contributed by atoms with Crippen LogP contribution in [0.2, 0.25) is 0 Å². The van der Waals surface area contributed by atoms with Gasteiger partial charge < -0.3 is 10.1 Å². The van der Waals surface area contributed by atoms with Crippen LogP contribution in [0.5, 0.6) is 0 Å². The van der Waals surface area contributed by atoms with Crippen molar-refractivity contribution in [3.8, 4) is 0 Å². The minimum atomic E-state index is -0.111. The minimum absolute atomic E-state index is 0.0105. The van der Waals surface area contributed by atoms with Crippen LogP contribution in [0.15, 0.2) is 0 Å². The number of methoxy groups -OCH3 is 1. The summed E-state index contributed by atoms with van der Waals surface area (Å²) in [6, 6.07) is 0. The van der Waals surface area contributed by atoms with Gasteiger partial charge in [0.25, 0.3) is 0 Å². The second-order valence-electron chi connectivity index (χ2n) is 4.29. The number of amides is 1. The Morgan fingerprint density at radius 2 is 2.12 bits per heavy atom. The summed E-state index contributed by atoms with van der Waals surface area (Å²) < 4.78 is 4.68. The van der Waals surface area contributed by atoms with E-state index < -0.39 is 0 Å². The summed E-state index contributed by atoms with van der Waals surface area (Å²) in [6.45, 7) is 2.22. The zero-order valence-electron chi connectivity index (χ0n) is 9.88. The lowest BCUT2D eigenvalue weighted by atomic mass is 10.1. The van der Waals surface area contributed by atoms with Crippen molar-refractivity contribution in [1.29, 1.82) is 0 Å². The predicted molar refractivity (Wildman–Crippen MR) is 64.3 cm³/mol. The molecule has 0 heterocycles. The molecule has 0 saturated heterocycles. The van der Waals surface area contributed by atoms with Crippen molar-refractivity contribution in [2.45, 2.75) is 26.2 Å². The molecule has 1 N–H and O–H groups in total. The lowest BCUT2D eigenvalue weighted by Gasteiger charge is -2.12. The molecule has 16 heavy (non-hydrogen) atoms. The first kappa shape index (κ1) is 13.4. The molecular weight excluding hydrogens is 226 g/mol. The molecule has 1 aliphatic rings. The summed E-state index contributed by atoms with van der Waals surface area (Å²) in [5.74, 6) is 1.79. The van der Waals surface area contributed by atoms with Crippen LogP contribution in [-0.2, 0) is 14.3 Å². The van der Waals surface area contributed by atoms with Crippen molar-refractivity contribution in [1.82, 2.24) is 5.32 Å². The maximum absolute atomic E-state index is 11.2. The zero-order valence-corrected chi connectivity index (χ0v) is 10.7. The first-order valence-electron chi connectivity index (χ1n) is 5.47. The van der Waals surface area contributed by atoms with Gasteiger partial charge in [-0.25, -0.2) is 0 Å². The van der Waals surface area contributed by atoms with Crippen molar-refractivity contribution in [3.05, 3.63) is 0 Å². The van der Waals surface area contributed by atoms with Gasteiger partial charge in [-0.3, -0.25) is 9.59 Å². The number of rotatable bonds is 7. The summed E-state index contributed by atoms with van der Waals surface area (Å²) in [5.41, 5.74) is 0.188. The van der Waals surface area contributed by atoms with Crippen molar-refractivity contribution in [2.24, 2.45) is 5.41 Å². The number of esters is 1. The monoisotopic (exact) mass is 245 g/mol. The van der Waals surface area contributed by atoms with Gasteiger partial charge in [0.1, 0.15) is 0 Å². The van der Waals surface area contributed by atoms with Gasteiger partial charge in [-0.15, -0.1) is 0 Å². The Bertz CT molecular complexity index is 264. The molecule has 0 aromatic carbocycles. The summed E-state index contributed by atoms with van der Waals surface area (Å²) >= 11 is 1.79. The minimum Gasteiger partial charge on any atom is -0.469 e. The van der Waals surface area contributed by atoms with Gasteiger partial charge in [0.05, 0.1) is 13.5 Å². The van der Waals surface area contributed by atoms with E-state index in [9.17, 15) is 9.59 Å². The van der Waals surface area contributed by atoms with E-state index >= 15 is 0 Å². The molecule has 0 radical (unpaired) electrons. The Morgan fingerprint density at radius 3 is 2.62 bits per heavy atom. The largest absolute Gasteiger partial charge is 0.469 e. The fraction of sp³-hybridized carbons (Fsp3) is 0.818. The van der Waals surface area contributed by atoms with Crippen molar-refractivity contribution in [3.63, 3.8) is 0 Å². The molecule has 0 aliphatic heterocycles. The Hall–Kier alpha value is -0.710. The third kappa shape index (κ3) is 4.88. The van der Waals surface area contributed by atoms with E-state index in [1.165, 1.54) is 14.0 Å².